The molecule has 0 saturated heterocycles. The monoisotopic (exact) mass is 390 g/mol. The molecule has 140 valence electrons. The summed E-state index contributed by atoms with van der Waals surface area (Å²) < 4.78 is 0. The van der Waals surface area contributed by atoms with E-state index in [1.165, 1.54) is 44.5 Å². The molecule has 4 aromatic carbocycles. The van der Waals surface area contributed by atoms with Crippen molar-refractivity contribution in [1.29, 1.82) is 0 Å². The van der Waals surface area contributed by atoms with E-state index in [0.717, 1.165) is 0 Å². The average molecular weight is 391 g/mol. The second-order valence-electron chi connectivity index (χ2n) is 8.31. The minimum atomic E-state index is -1.81. The van der Waals surface area contributed by atoms with Gasteiger partial charge in [0, 0.05) is 11.4 Å². The summed E-state index contributed by atoms with van der Waals surface area (Å²) in [6.45, 7) is 4.96. The second-order valence-corrected chi connectivity index (χ2v) is 12.6. The Morgan fingerprint density at radius 1 is 0.483 bits per heavy atom. The number of fused-ring (bicyclic) bond motifs is 4. The number of para-hydroxylation sites is 5. The van der Waals surface area contributed by atoms with Gasteiger partial charge >= 0.3 is 0 Å². The third kappa shape index (κ3) is 2.16. The summed E-state index contributed by atoms with van der Waals surface area (Å²) in [5, 5.41) is 3.01. The minimum Gasteiger partial charge on any atom is -0.306 e. The number of benzene rings is 4. The molecule has 0 spiro atoms. The molecule has 0 fully saturated rings. The Labute approximate surface area is 172 Å². The molecule has 0 N–H and O–H groups in total. The van der Waals surface area contributed by atoms with Gasteiger partial charge in [-0.15, -0.1) is 0 Å². The van der Waals surface area contributed by atoms with Crippen LogP contribution in [0, 0.1) is 0 Å². The Morgan fingerprint density at radius 3 is 1.79 bits per heavy atom. The predicted octanol–water partition coefficient (Wildman–Crippen LogP) is 6.08. The van der Waals surface area contributed by atoms with Crippen molar-refractivity contribution in [3.8, 4) is 0 Å². The minimum absolute atomic E-state index is 1.20. The zero-order valence-corrected chi connectivity index (χ0v) is 17.6. The van der Waals surface area contributed by atoms with Gasteiger partial charge in [0.2, 0.25) is 0 Å². The number of hydrogen-bond acceptors (Lipinski definition) is 2. The van der Waals surface area contributed by atoms with Gasteiger partial charge in [0.15, 0.2) is 0 Å². The lowest BCUT2D eigenvalue weighted by atomic mass is 10.0. The van der Waals surface area contributed by atoms with Gasteiger partial charge < -0.3 is 9.80 Å². The highest BCUT2D eigenvalue weighted by atomic mass is 28.3. The smallest absolute Gasteiger partial charge is 0.117 e. The molecule has 0 saturated carbocycles. The molecule has 6 rings (SSSR count). The SMILES string of the molecule is C[Si]1(C)c2ccccc2N2c3ccccc3N(c3ccccc3)c3cccc1c32. The molecule has 2 aliphatic rings. The predicted molar refractivity (Wildman–Crippen MR) is 126 cm³/mol. The van der Waals surface area contributed by atoms with Gasteiger partial charge in [-0.05, 0) is 46.8 Å². The molecular weight excluding hydrogens is 368 g/mol. The number of hydrogen-bond donors (Lipinski definition) is 0. The fraction of sp³-hybridized carbons (Fsp3) is 0.0769. The molecule has 2 nitrogen and oxygen atoms in total. The summed E-state index contributed by atoms with van der Waals surface area (Å²) in [5.74, 6) is 0. The summed E-state index contributed by atoms with van der Waals surface area (Å²) in [7, 11) is -1.81. The van der Waals surface area contributed by atoms with Crippen molar-refractivity contribution in [1.82, 2.24) is 0 Å². The summed E-state index contributed by atoms with van der Waals surface area (Å²) >= 11 is 0. The van der Waals surface area contributed by atoms with Crippen molar-refractivity contribution in [2.45, 2.75) is 13.1 Å². The van der Waals surface area contributed by atoms with Crippen LogP contribution < -0.4 is 20.2 Å². The molecule has 29 heavy (non-hydrogen) atoms. The van der Waals surface area contributed by atoms with Gasteiger partial charge in [-0.1, -0.05) is 73.8 Å². The maximum Gasteiger partial charge on any atom is 0.117 e. The largest absolute Gasteiger partial charge is 0.306 e. The van der Waals surface area contributed by atoms with Crippen LogP contribution in [0.25, 0.3) is 0 Å². The highest BCUT2D eigenvalue weighted by Crippen LogP contribution is 2.54. The van der Waals surface area contributed by atoms with Crippen molar-refractivity contribution in [3.05, 3.63) is 97.1 Å². The van der Waals surface area contributed by atoms with E-state index >= 15 is 0 Å². The zero-order valence-electron chi connectivity index (χ0n) is 16.6. The van der Waals surface area contributed by atoms with E-state index in [9.17, 15) is 0 Å². The van der Waals surface area contributed by atoms with E-state index in [2.05, 4.69) is 120 Å². The van der Waals surface area contributed by atoms with E-state index in [1.807, 2.05) is 0 Å². The Morgan fingerprint density at radius 2 is 1.03 bits per heavy atom. The zero-order chi connectivity index (χ0) is 19.6. The molecule has 4 aromatic rings. The summed E-state index contributed by atoms with van der Waals surface area (Å²) in [4.78, 5) is 4.91. The van der Waals surface area contributed by atoms with Crippen LogP contribution in [-0.2, 0) is 0 Å². The first kappa shape index (κ1) is 16.6. The molecule has 0 atom stereocenters. The molecule has 3 heteroatoms. The fourth-order valence-corrected chi connectivity index (χ4v) is 7.97. The van der Waals surface area contributed by atoms with Crippen LogP contribution >= 0.6 is 0 Å². The Balaban J connectivity index is 1.74. The second kappa shape index (κ2) is 5.85. The molecular formula is C26H22N2Si. The lowest BCUT2D eigenvalue weighted by Crippen LogP contribution is -2.59. The third-order valence-electron chi connectivity index (χ3n) is 6.35. The maximum atomic E-state index is 2.49. The van der Waals surface area contributed by atoms with Gasteiger partial charge in [0.25, 0.3) is 0 Å². The lowest BCUT2D eigenvalue weighted by Gasteiger charge is -2.47. The van der Waals surface area contributed by atoms with Gasteiger partial charge in [0.05, 0.1) is 22.7 Å². The van der Waals surface area contributed by atoms with Crippen molar-refractivity contribution in [2.24, 2.45) is 0 Å². The molecule has 0 bridgehead atoms. The third-order valence-corrected chi connectivity index (χ3v) is 9.87. The Kier molecular flexibility index (Phi) is 3.35. The first-order valence-corrected chi connectivity index (χ1v) is 13.2. The first-order valence-electron chi connectivity index (χ1n) is 10.2. The maximum absolute atomic E-state index is 2.49. The Hall–Kier alpha value is -3.30. The van der Waals surface area contributed by atoms with E-state index in [-0.39, 0.29) is 0 Å². The molecule has 2 heterocycles. The average Bonchev–Trinajstić information content (AvgIpc) is 2.77. The van der Waals surface area contributed by atoms with Crippen LogP contribution in [0.3, 0.4) is 0 Å². The van der Waals surface area contributed by atoms with E-state index in [1.54, 1.807) is 0 Å². The summed E-state index contributed by atoms with van der Waals surface area (Å²) in [5.41, 5.74) is 7.62. The van der Waals surface area contributed by atoms with E-state index in [0.29, 0.717) is 0 Å². The topological polar surface area (TPSA) is 6.48 Å². The Bertz CT molecular complexity index is 1250. The molecule has 0 unspecified atom stereocenters. The summed E-state index contributed by atoms with van der Waals surface area (Å²) in [6.07, 6.45) is 0. The van der Waals surface area contributed by atoms with Crippen LogP contribution in [0.15, 0.2) is 97.1 Å². The molecule has 0 aromatic heterocycles. The van der Waals surface area contributed by atoms with Gasteiger partial charge in [-0.3, -0.25) is 0 Å². The molecule has 0 radical (unpaired) electrons. The van der Waals surface area contributed by atoms with Crippen molar-refractivity contribution >= 4 is 52.6 Å². The van der Waals surface area contributed by atoms with Crippen LogP contribution in [-0.4, -0.2) is 8.07 Å². The number of rotatable bonds is 1. The van der Waals surface area contributed by atoms with E-state index in [4.69, 9.17) is 0 Å². The first-order chi connectivity index (χ1) is 14.2. The summed E-state index contributed by atoms with van der Waals surface area (Å²) in [6, 6.07) is 35.3. The van der Waals surface area contributed by atoms with Crippen molar-refractivity contribution < 1.29 is 0 Å². The van der Waals surface area contributed by atoms with Crippen LogP contribution in [0.4, 0.5) is 34.1 Å². The fourth-order valence-electron chi connectivity index (χ4n) is 4.99. The van der Waals surface area contributed by atoms with Crippen LogP contribution in [0.5, 0.6) is 0 Å². The number of nitrogens with zero attached hydrogens (tertiary/aromatic N) is 2. The van der Waals surface area contributed by atoms with Crippen LogP contribution in [0.1, 0.15) is 0 Å². The lowest BCUT2D eigenvalue weighted by molar-refractivity contribution is 1.17. The van der Waals surface area contributed by atoms with Crippen LogP contribution in [0.2, 0.25) is 13.1 Å². The van der Waals surface area contributed by atoms with Crippen molar-refractivity contribution in [2.75, 3.05) is 9.80 Å². The molecule has 0 aliphatic carbocycles. The standard InChI is InChI=1S/C26H22N2Si/c1-29(2)24-17-9-8-15-22(24)28-21-14-7-6-13-20(21)27(19-11-4-3-5-12-19)23-16-10-18-25(29)26(23)28/h3-18H,1-2H3. The highest BCUT2D eigenvalue weighted by molar-refractivity contribution is 7.03. The van der Waals surface area contributed by atoms with E-state index < -0.39 is 8.07 Å². The quantitative estimate of drug-likeness (QED) is 0.320. The number of anilines is 6. The van der Waals surface area contributed by atoms with Gasteiger partial charge in [-0.2, -0.15) is 0 Å². The molecule has 0 amide bonds. The molecule has 2 aliphatic heterocycles. The highest BCUT2D eigenvalue weighted by Gasteiger charge is 2.43. The normalized spacial score (nSPS) is 15.4. The van der Waals surface area contributed by atoms with Gasteiger partial charge in [-0.25, -0.2) is 0 Å². The van der Waals surface area contributed by atoms with Gasteiger partial charge in [0.1, 0.15) is 8.07 Å². The van der Waals surface area contributed by atoms with Crippen molar-refractivity contribution in [3.63, 3.8) is 0 Å².